The van der Waals surface area contributed by atoms with Gasteiger partial charge in [-0.1, -0.05) is 80.4 Å². The summed E-state index contributed by atoms with van der Waals surface area (Å²) in [4.78, 5) is 17.6. The highest BCUT2D eigenvalue weighted by atomic mass is 16.6. The normalized spacial score (nSPS) is 12.3. The van der Waals surface area contributed by atoms with Crippen LogP contribution < -0.4 is 0 Å². The maximum Gasteiger partial charge on any atom is 0.331 e. The van der Waals surface area contributed by atoms with Gasteiger partial charge in [-0.2, -0.15) is 0 Å². The van der Waals surface area contributed by atoms with E-state index in [1.807, 2.05) is 81.4 Å². The number of hydrogen-bond donors (Lipinski definition) is 0. The second-order valence-corrected chi connectivity index (χ2v) is 7.40. The van der Waals surface area contributed by atoms with Gasteiger partial charge in [0.15, 0.2) is 0 Å². The molecule has 2 aromatic carbocycles. The molecule has 138 valence electrons. The molecule has 0 N–H and O–H groups in total. The molecule has 3 heteroatoms. The Morgan fingerprint density at radius 3 is 1.88 bits per heavy atom. The molecule has 0 aliphatic carbocycles. The highest BCUT2D eigenvalue weighted by molar-refractivity contribution is 6.13. The number of nitrogens with zero attached hydrogens (tertiary/aromatic N) is 1. The van der Waals surface area contributed by atoms with Gasteiger partial charge in [0.25, 0.3) is 0 Å². The molecule has 0 aliphatic heterocycles. The van der Waals surface area contributed by atoms with Crippen LogP contribution in [0.1, 0.15) is 58.1 Å². The lowest BCUT2D eigenvalue weighted by Crippen LogP contribution is -2.31. The molecule has 0 amide bonds. The molecule has 0 aliphatic rings. The first-order valence-corrected chi connectivity index (χ1v) is 9.32. The van der Waals surface area contributed by atoms with Crippen molar-refractivity contribution in [3.05, 3.63) is 71.8 Å². The SMILES string of the molecule is CCCC[C@@H](N=C(c1ccccc1)c1ccccc1)C(=O)OC(C)(C)C. The average molecular weight is 351 g/mol. The van der Waals surface area contributed by atoms with E-state index in [1.165, 1.54) is 0 Å². The third kappa shape index (κ3) is 6.14. The first-order chi connectivity index (χ1) is 12.4. The summed E-state index contributed by atoms with van der Waals surface area (Å²) in [6, 6.07) is 19.5. The second-order valence-electron chi connectivity index (χ2n) is 7.40. The van der Waals surface area contributed by atoms with Gasteiger partial charge >= 0.3 is 5.97 Å². The summed E-state index contributed by atoms with van der Waals surface area (Å²) in [5, 5.41) is 0. The standard InChI is InChI=1S/C23H29NO2/c1-5-6-17-20(22(25)26-23(2,3)4)24-21(18-13-9-7-10-14-18)19-15-11-8-12-16-19/h7-16,20H,5-6,17H2,1-4H3/t20-/m1/s1. The summed E-state index contributed by atoms with van der Waals surface area (Å²) in [5.74, 6) is -0.254. The van der Waals surface area contributed by atoms with Crippen LogP contribution in [0.25, 0.3) is 0 Å². The Labute approximate surface area is 157 Å². The predicted octanol–water partition coefficient (Wildman–Crippen LogP) is 5.42. The topological polar surface area (TPSA) is 38.7 Å². The molecular weight excluding hydrogens is 322 g/mol. The quantitative estimate of drug-likeness (QED) is 0.493. The van der Waals surface area contributed by atoms with Crippen LogP contribution in [0.2, 0.25) is 0 Å². The van der Waals surface area contributed by atoms with E-state index in [2.05, 4.69) is 6.92 Å². The van der Waals surface area contributed by atoms with Gasteiger partial charge in [0, 0.05) is 11.1 Å². The fourth-order valence-corrected chi connectivity index (χ4v) is 2.67. The van der Waals surface area contributed by atoms with Crippen LogP contribution in [-0.2, 0) is 9.53 Å². The van der Waals surface area contributed by atoms with Crippen molar-refractivity contribution in [2.24, 2.45) is 4.99 Å². The Morgan fingerprint density at radius 2 is 1.46 bits per heavy atom. The maximum atomic E-state index is 12.7. The monoisotopic (exact) mass is 351 g/mol. The lowest BCUT2D eigenvalue weighted by atomic mass is 10.0. The number of carbonyl (C=O) groups is 1. The summed E-state index contributed by atoms with van der Waals surface area (Å²) in [6.45, 7) is 7.79. The van der Waals surface area contributed by atoms with Crippen molar-refractivity contribution in [2.45, 2.75) is 58.6 Å². The molecular formula is C23H29NO2. The fourth-order valence-electron chi connectivity index (χ4n) is 2.67. The highest BCUT2D eigenvalue weighted by Crippen LogP contribution is 2.18. The molecule has 2 aromatic rings. The second kappa shape index (κ2) is 9.33. The third-order valence-corrected chi connectivity index (χ3v) is 3.89. The Hall–Kier alpha value is -2.42. The Balaban J connectivity index is 2.44. The van der Waals surface area contributed by atoms with Crippen molar-refractivity contribution in [1.82, 2.24) is 0 Å². The van der Waals surface area contributed by atoms with Crippen LogP contribution in [-0.4, -0.2) is 23.3 Å². The third-order valence-electron chi connectivity index (χ3n) is 3.89. The molecule has 0 saturated heterocycles. The summed E-state index contributed by atoms with van der Waals surface area (Å²) in [6.07, 6.45) is 2.64. The molecule has 0 fully saturated rings. The smallest absolute Gasteiger partial charge is 0.331 e. The predicted molar refractivity (Wildman–Crippen MR) is 108 cm³/mol. The maximum absolute atomic E-state index is 12.7. The Morgan fingerprint density at radius 1 is 0.962 bits per heavy atom. The Kier molecular flexibility index (Phi) is 7.14. The van der Waals surface area contributed by atoms with E-state index in [-0.39, 0.29) is 5.97 Å². The van der Waals surface area contributed by atoms with Crippen LogP contribution in [0, 0.1) is 0 Å². The van der Waals surface area contributed by atoms with Gasteiger partial charge in [0.2, 0.25) is 0 Å². The minimum Gasteiger partial charge on any atom is -0.458 e. The summed E-state index contributed by atoms with van der Waals surface area (Å²) in [7, 11) is 0. The number of ether oxygens (including phenoxy) is 1. The first kappa shape index (κ1) is 19.9. The fraction of sp³-hybridized carbons (Fsp3) is 0.391. The van der Waals surface area contributed by atoms with Crippen molar-refractivity contribution >= 4 is 11.7 Å². The molecule has 2 rings (SSSR count). The van der Waals surface area contributed by atoms with Crippen LogP contribution in [0.5, 0.6) is 0 Å². The van der Waals surface area contributed by atoms with Crippen LogP contribution in [0.4, 0.5) is 0 Å². The van der Waals surface area contributed by atoms with E-state index in [9.17, 15) is 4.79 Å². The molecule has 0 radical (unpaired) electrons. The van der Waals surface area contributed by atoms with Gasteiger partial charge in [-0.25, -0.2) is 4.79 Å². The van der Waals surface area contributed by atoms with Crippen LogP contribution in [0.15, 0.2) is 65.7 Å². The summed E-state index contributed by atoms with van der Waals surface area (Å²) < 4.78 is 5.62. The van der Waals surface area contributed by atoms with Crippen molar-refractivity contribution in [3.8, 4) is 0 Å². The highest BCUT2D eigenvalue weighted by Gasteiger charge is 2.25. The van der Waals surface area contributed by atoms with E-state index in [0.29, 0.717) is 6.42 Å². The van der Waals surface area contributed by atoms with Crippen molar-refractivity contribution in [2.75, 3.05) is 0 Å². The largest absolute Gasteiger partial charge is 0.458 e. The first-order valence-electron chi connectivity index (χ1n) is 9.32. The molecule has 0 heterocycles. The van der Waals surface area contributed by atoms with E-state index < -0.39 is 11.6 Å². The molecule has 0 bridgehead atoms. The minimum atomic E-state index is -0.517. The van der Waals surface area contributed by atoms with E-state index in [0.717, 1.165) is 29.7 Å². The zero-order valence-electron chi connectivity index (χ0n) is 16.2. The van der Waals surface area contributed by atoms with E-state index in [1.54, 1.807) is 0 Å². The Bertz CT molecular complexity index is 673. The van der Waals surface area contributed by atoms with Crippen LogP contribution in [0.3, 0.4) is 0 Å². The van der Waals surface area contributed by atoms with Gasteiger partial charge in [0.05, 0.1) is 5.71 Å². The average Bonchev–Trinajstić information content (AvgIpc) is 2.62. The van der Waals surface area contributed by atoms with Gasteiger partial charge < -0.3 is 4.74 Å². The van der Waals surface area contributed by atoms with Crippen molar-refractivity contribution in [1.29, 1.82) is 0 Å². The van der Waals surface area contributed by atoms with Crippen LogP contribution >= 0.6 is 0 Å². The number of hydrogen-bond acceptors (Lipinski definition) is 3. The number of carbonyl (C=O) groups excluding carboxylic acids is 1. The zero-order chi connectivity index (χ0) is 19.0. The zero-order valence-corrected chi connectivity index (χ0v) is 16.2. The molecule has 3 nitrogen and oxygen atoms in total. The van der Waals surface area contributed by atoms with E-state index >= 15 is 0 Å². The molecule has 26 heavy (non-hydrogen) atoms. The number of esters is 1. The van der Waals surface area contributed by atoms with Gasteiger partial charge in [-0.3, -0.25) is 4.99 Å². The molecule has 1 atom stereocenters. The van der Waals surface area contributed by atoms with Crippen molar-refractivity contribution < 1.29 is 9.53 Å². The molecule has 0 aromatic heterocycles. The lowest BCUT2D eigenvalue weighted by Gasteiger charge is -2.23. The van der Waals surface area contributed by atoms with Gasteiger partial charge in [-0.15, -0.1) is 0 Å². The summed E-state index contributed by atoms with van der Waals surface area (Å²) in [5.41, 5.74) is 2.32. The number of rotatable bonds is 7. The number of benzene rings is 2. The summed E-state index contributed by atoms with van der Waals surface area (Å²) >= 11 is 0. The lowest BCUT2D eigenvalue weighted by molar-refractivity contribution is -0.156. The van der Waals surface area contributed by atoms with Crippen molar-refractivity contribution in [3.63, 3.8) is 0 Å². The van der Waals surface area contributed by atoms with Gasteiger partial charge in [0.1, 0.15) is 11.6 Å². The molecule has 0 spiro atoms. The minimum absolute atomic E-state index is 0.254. The number of unbranched alkanes of at least 4 members (excludes halogenated alkanes) is 1. The molecule has 0 unspecified atom stereocenters. The van der Waals surface area contributed by atoms with E-state index in [4.69, 9.17) is 9.73 Å². The number of aliphatic imine (C=N–C) groups is 1. The molecule has 0 saturated carbocycles. The van der Waals surface area contributed by atoms with Gasteiger partial charge in [-0.05, 0) is 27.2 Å².